The highest BCUT2D eigenvalue weighted by atomic mass is 28.3. The lowest BCUT2D eigenvalue weighted by molar-refractivity contribution is 0.00578. The van der Waals surface area contributed by atoms with Gasteiger partial charge in [0.05, 0.1) is 19.3 Å². The van der Waals surface area contributed by atoms with Crippen LogP contribution in [0, 0.1) is 0 Å². The van der Waals surface area contributed by atoms with Crippen molar-refractivity contribution in [3.05, 3.63) is 48.5 Å². The van der Waals surface area contributed by atoms with E-state index in [4.69, 9.17) is 9.31 Å². The Hall–Kier alpha value is -1.36. The summed E-state index contributed by atoms with van der Waals surface area (Å²) in [6.45, 7) is 15.5. The van der Waals surface area contributed by atoms with Crippen LogP contribution in [0.1, 0.15) is 27.7 Å². The van der Waals surface area contributed by atoms with E-state index in [9.17, 15) is 0 Å². The first-order valence-electron chi connectivity index (χ1n) is 9.06. The molecule has 1 heterocycles. The molecule has 0 unspecified atom stereocenters. The van der Waals surface area contributed by atoms with Crippen molar-refractivity contribution >= 4 is 25.8 Å². The number of hydrogen-bond acceptors (Lipinski definition) is 2. The van der Waals surface area contributed by atoms with Crippen LogP contribution in [-0.2, 0) is 9.31 Å². The van der Waals surface area contributed by atoms with Crippen LogP contribution >= 0.6 is 0 Å². The van der Waals surface area contributed by atoms with Gasteiger partial charge in [0, 0.05) is 0 Å². The number of hydrogen-bond donors (Lipinski definition) is 0. The fourth-order valence-corrected chi connectivity index (χ4v) is 4.16. The quantitative estimate of drug-likeness (QED) is 0.771. The van der Waals surface area contributed by atoms with Gasteiger partial charge in [-0.1, -0.05) is 73.4 Å². The van der Waals surface area contributed by atoms with Gasteiger partial charge in [0.2, 0.25) is 0 Å². The first-order chi connectivity index (χ1) is 11.5. The maximum absolute atomic E-state index is 6.14. The lowest BCUT2D eigenvalue weighted by Crippen LogP contribution is -2.41. The number of rotatable bonds is 3. The summed E-state index contributed by atoms with van der Waals surface area (Å²) >= 11 is 0. The van der Waals surface area contributed by atoms with Crippen molar-refractivity contribution in [2.75, 3.05) is 0 Å². The van der Waals surface area contributed by atoms with E-state index >= 15 is 0 Å². The van der Waals surface area contributed by atoms with Crippen molar-refractivity contribution in [2.24, 2.45) is 0 Å². The summed E-state index contributed by atoms with van der Waals surface area (Å²) < 4.78 is 12.3. The second-order valence-corrected chi connectivity index (χ2v) is 14.1. The molecule has 2 aromatic carbocycles. The van der Waals surface area contributed by atoms with E-state index in [-0.39, 0.29) is 18.3 Å². The molecule has 0 saturated carbocycles. The minimum absolute atomic E-state index is 0.299. The van der Waals surface area contributed by atoms with Crippen LogP contribution in [0.25, 0.3) is 11.1 Å². The monoisotopic (exact) mass is 352 g/mol. The highest BCUT2D eigenvalue weighted by Gasteiger charge is 2.51. The molecule has 0 radical (unpaired) electrons. The Morgan fingerprint density at radius 3 is 1.84 bits per heavy atom. The maximum Gasteiger partial charge on any atom is 0.494 e. The van der Waals surface area contributed by atoms with Crippen LogP contribution in [0.4, 0.5) is 0 Å². The van der Waals surface area contributed by atoms with Gasteiger partial charge < -0.3 is 9.31 Å². The predicted molar refractivity (Wildman–Crippen MR) is 111 cm³/mol. The van der Waals surface area contributed by atoms with E-state index in [0.29, 0.717) is 0 Å². The zero-order valence-electron chi connectivity index (χ0n) is 16.5. The van der Waals surface area contributed by atoms with Crippen LogP contribution in [-0.4, -0.2) is 26.4 Å². The van der Waals surface area contributed by atoms with Crippen molar-refractivity contribution in [2.45, 2.75) is 58.5 Å². The maximum atomic E-state index is 6.14. The van der Waals surface area contributed by atoms with Crippen molar-refractivity contribution in [1.29, 1.82) is 0 Å². The average molecular weight is 352 g/mol. The van der Waals surface area contributed by atoms with Gasteiger partial charge in [-0.2, -0.15) is 0 Å². The molecule has 0 aliphatic carbocycles. The molecular formula is C21H29BO2Si. The molecule has 0 atom stereocenters. The topological polar surface area (TPSA) is 18.5 Å². The Balaban J connectivity index is 1.85. The number of benzene rings is 2. The third-order valence-corrected chi connectivity index (χ3v) is 7.54. The van der Waals surface area contributed by atoms with E-state index < -0.39 is 8.07 Å². The second kappa shape index (κ2) is 6.12. The first kappa shape index (κ1) is 18.4. The van der Waals surface area contributed by atoms with Crippen molar-refractivity contribution in [3.63, 3.8) is 0 Å². The average Bonchev–Trinajstić information content (AvgIpc) is 2.75. The fourth-order valence-electron chi connectivity index (χ4n) is 2.98. The van der Waals surface area contributed by atoms with Crippen molar-refractivity contribution < 1.29 is 9.31 Å². The normalized spacial score (nSPS) is 19.2. The molecule has 2 nitrogen and oxygen atoms in total. The molecule has 0 N–H and O–H groups in total. The zero-order chi connectivity index (χ0) is 18.5. The lowest BCUT2D eigenvalue weighted by Gasteiger charge is -2.32. The second-order valence-electron chi connectivity index (χ2n) is 9.04. The summed E-state index contributed by atoms with van der Waals surface area (Å²) in [6, 6.07) is 17.5. The molecule has 0 amide bonds. The van der Waals surface area contributed by atoms with Gasteiger partial charge in [-0.05, 0) is 44.3 Å². The van der Waals surface area contributed by atoms with Crippen LogP contribution in [0.3, 0.4) is 0 Å². The van der Waals surface area contributed by atoms with E-state index in [1.54, 1.807) is 0 Å². The summed E-state index contributed by atoms with van der Waals surface area (Å²) in [5.41, 5.74) is 2.98. The molecule has 1 aliphatic heterocycles. The predicted octanol–water partition coefficient (Wildman–Crippen LogP) is 4.20. The Bertz CT molecular complexity index is 744. The third-order valence-electron chi connectivity index (χ3n) is 5.50. The van der Waals surface area contributed by atoms with Gasteiger partial charge >= 0.3 is 7.12 Å². The minimum atomic E-state index is -1.30. The molecule has 1 fully saturated rings. The molecule has 4 heteroatoms. The Kier molecular flexibility index (Phi) is 4.51. The molecule has 2 aromatic rings. The van der Waals surface area contributed by atoms with E-state index in [1.807, 2.05) is 0 Å². The van der Waals surface area contributed by atoms with Crippen LogP contribution in [0.5, 0.6) is 0 Å². The zero-order valence-corrected chi connectivity index (χ0v) is 17.5. The SMILES string of the molecule is CC1(C)OB(c2ccc(-c3cccc([Si](C)(C)C)c3)cc2)OC1(C)C. The van der Waals surface area contributed by atoms with Gasteiger partial charge in [0.15, 0.2) is 0 Å². The molecule has 0 bridgehead atoms. The lowest BCUT2D eigenvalue weighted by atomic mass is 9.78. The van der Waals surface area contributed by atoms with Crippen LogP contribution in [0.2, 0.25) is 19.6 Å². The van der Waals surface area contributed by atoms with Gasteiger partial charge in [-0.3, -0.25) is 0 Å². The fraction of sp³-hybridized carbons (Fsp3) is 0.429. The molecular weight excluding hydrogens is 323 g/mol. The summed E-state index contributed by atoms with van der Waals surface area (Å²) in [5, 5.41) is 1.49. The smallest absolute Gasteiger partial charge is 0.399 e. The Morgan fingerprint density at radius 2 is 1.32 bits per heavy atom. The van der Waals surface area contributed by atoms with Crippen LogP contribution in [0.15, 0.2) is 48.5 Å². The summed E-state index contributed by atoms with van der Waals surface area (Å²) in [4.78, 5) is 0. The highest BCUT2D eigenvalue weighted by Crippen LogP contribution is 2.36. The van der Waals surface area contributed by atoms with Gasteiger partial charge in [-0.15, -0.1) is 0 Å². The summed E-state index contributed by atoms with van der Waals surface area (Å²) in [5.74, 6) is 0. The van der Waals surface area contributed by atoms with Gasteiger partial charge in [0.1, 0.15) is 0 Å². The van der Waals surface area contributed by atoms with E-state index in [2.05, 4.69) is 95.9 Å². The molecule has 132 valence electrons. The molecule has 0 spiro atoms. The Morgan fingerprint density at radius 1 is 0.760 bits per heavy atom. The summed E-state index contributed by atoms with van der Waals surface area (Å²) in [7, 11) is -1.60. The molecule has 25 heavy (non-hydrogen) atoms. The highest BCUT2D eigenvalue weighted by molar-refractivity contribution is 6.88. The summed E-state index contributed by atoms with van der Waals surface area (Å²) in [6.07, 6.45) is 0. The van der Waals surface area contributed by atoms with Gasteiger partial charge in [0.25, 0.3) is 0 Å². The molecule has 1 aliphatic rings. The van der Waals surface area contributed by atoms with Crippen LogP contribution < -0.4 is 10.6 Å². The Labute approximate surface area is 153 Å². The third kappa shape index (κ3) is 3.62. The van der Waals surface area contributed by atoms with E-state index in [0.717, 1.165) is 5.46 Å². The molecule has 3 rings (SSSR count). The largest absolute Gasteiger partial charge is 0.494 e. The first-order valence-corrected chi connectivity index (χ1v) is 12.6. The van der Waals surface area contributed by atoms with Crippen molar-refractivity contribution in [1.82, 2.24) is 0 Å². The van der Waals surface area contributed by atoms with Gasteiger partial charge in [-0.25, -0.2) is 0 Å². The van der Waals surface area contributed by atoms with E-state index in [1.165, 1.54) is 16.3 Å². The molecule has 0 aromatic heterocycles. The molecule has 1 saturated heterocycles. The minimum Gasteiger partial charge on any atom is -0.399 e. The standard InChI is InChI=1S/C21H29BO2Si/c1-20(2)21(3,4)24-22(23-20)18-13-11-16(12-14-18)17-9-8-10-19(15-17)25(5,6)7/h8-15H,1-7H3. The van der Waals surface area contributed by atoms with Crippen molar-refractivity contribution in [3.8, 4) is 11.1 Å².